The van der Waals surface area contributed by atoms with Gasteiger partial charge in [-0.25, -0.2) is 13.6 Å². The van der Waals surface area contributed by atoms with Gasteiger partial charge in [0.2, 0.25) is 10.0 Å². The Morgan fingerprint density at radius 2 is 1.54 bits per heavy atom. The van der Waals surface area contributed by atoms with E-state index in [1.165, 1.54) is 28.8 Å². The van der Waals surface area contributed by atoms with Crippen molar-refractivity contribution in [3.8, 4) is 0 Å². The van der Waals surface area contributed by atoms with Crippen molar-refractivity contribution >= 4 is 19.7 Å². The van der Waals surface area contributed by atoms with Crippen molar-refractivity contribution in [2.24, 2.45) is 5.14 Å². The molecule has 4 nitrogen and oxygen atoms in total. The Morgan fingerprint density at radius 1 is 0.974 bits per heavy atom. The molecule has 3 N–H and O–H groups in total. The van der Waals surface area contributed by atoms with Gasteiger partial charge in [-0.1, -0.05) is 115 Å². The first-order valence-corrected chi connectivity index (χ1v) is 16.1. The molecule has 3 aromatic carbocycles. The third kappa shape index (κ3) is 16.4. The fourth-order valence-electron chi connectivity index (χ4n) is 3.60. The molecular formula is C32H41ClN2O2RuS. The maximum absolute atomic E-state index is 10.7. The Labute approximate surface area is 250 Å². The number of nitrogens with one attached hydrogen (secondary N) is 1. The van der Waals surface area contributed by atoms with Gasteiger partial charge in [0.1, 0.15) is 0 Å². The number of rotatable bonds is 11. The van der Waals surface area contributed by atoms with Crippen LogP contribution in [0.2, 0.25) is 0 Å². The average Bonchev–Trinajstić information content (AvgIpc) is 2.93. The Morgan fingerprint density at radius 3 is 2.08 bits per heavy atom. The molecular weight excluding hydrogens is 613 g/mol. The summed E-state index contributed by atoms with van der Waals surface area (Å²) in [6.45, 7) is 8.77. The number of nitrogens with two attached hydrogens (primary N) is 1. The molecule has 0 saturated carbocycles. The molecule has 212 valence electrons. The Kier molecular flexibility index (Phi) is 20.2. The first kappa shape index (κ1) is 36.7. The van der Waals surface area contributed by atoms with Crippen LogP contribution in [0.3, 0.4) is 0 Å². The van der Waals surface area contributed by atoms with Crippen LogP contribution in [0.1, 0.15) is 42.5 Å². The van der Waals surface area contributed by atoms with E-state index in [9.17, 15) is 8.42 Å². The molecule has 7 heteroatoms. The molecule has 1 atom stereocenters. The van der Waals surface area contributed by atoms with Crippen molar-refractivity contribution in [3.05, 3.63) is 146 Å². The van der Waals surface area contributed by atoms with E-state index in [0.717, 1.165) is 31.4 Å². The van der Waals surface area contributed by atoms with Crippen LogP contribution < -0.4 is 10.5 Å². The van der Waals surface area contributed by atoms with E-state index in [1.54, 1.807) is 18.2 Å². The van der Waals surface area contributed by atoms with E-state index in [4.69, 9.17) is 5.14 Å². The molecule has 0 aromatic heterocycles. The van der Waals surface area contributed by atoms with Gasteiger partial charge in [-0.05, 0) is 62.9 Å². The third-order valence-corrected chi connectivity index (χ3v) is 6.53. The first-order valence-electron chi connectivity index (χ1n) is 12.3. The summed E-state index contributed by atoms with van der Waals surface area (Å²) in [5.41, 5.74) is 5.14. The van der Waals surface area contributed by atoms with E-state index in [0.29, 0.717) is 6.04 Å². The van der Waals surface area contributed by atoms with Crippen LogP contribution >= 0.6 is 9.69 Å². The number of sulfonamides is 1. The molecule has 39 heavy (non-hydrogen) atoms. The van der Waals surface area contributed by atoms with Crippen LogP contribution in [0.5, 0.6) is 0 Å². The number of benzene rings is 3. The number of allylic oxidation sites excluding steroid dienone is 5. The van der Waals surface area contributed by atoms with Crippen molar-refractivity contribution in [1.29, 1.82) is 0 Å². The van der Waals surface area contributed by atoms with Crippen LogP contribution in [0, 0.1) is 14.4 Å². The summed E-state index contributed by atoms with van der Waals surface area (Å²) in [6.07, 6.45) is 11.3. The van der Waals surface area contributed by atoms with Crippen LogP contribution in [-0.2, 0) is 33.8 Å². The van der Waals surface area contributed by atoms with Crippen molar-refractivity contribution in [3.63, 3.8) is 0 Å². The maximum atomic E-state index is 10.7. The molecule has 1 unspecified atom stereocenters. The molecule has 3 aromatic rings. The molecule has 0 amide bonds. The van der Waals surface area contributed by atoms with E-state index < -0.39 is 10.0 Å². The van der Waals surface area contributed by atoms with Crippen LogP contribution in [0.15, 0.2) is 126 Å². The fourth-order valence-corrected chi connectivity index (χ4v) is 4.11. The number of primary sulfonamides is 1. The average molecular weight is 654 g/mol. The molecule has 0 aliphatic rings. The Hall–Kier alpha value is -2.34. The molecule has 0 radical (unpaired) electrons. The molecule has 0 aliphatic heterocycles. The summed E-state index contributed by atoms with van der Waals surface area (Å²) < 4.78 is 21.4. The van der Waals surface area contributed by atoms with Gasteiger partial charge in [0.15, 0.2) is 0 Å². The zero-order chi connectivity index (χ0) is 28.2. The van der Waals surface area contributed by atoms with Crippen molar-refractivity contribution in [1.82, 2.24) is 5.32 Å². The zero-order valence-electron chi connectivity index (χ0n) is 23.0. The summed E-state index contributed by atoms with van der Waals surface area (Å²) in [7, 11) is 1.05. The molecule has 0 aliphatic carbocycles. The van der Waals surface area contributed by atoms with Gasteiger partial charge in [-0.3, -0.25) is 0 Å². The summed E-state index contributed by atoms with van der Waals surface area (Å²) in [5, 5.41) is 8.62. The van der Waals surface area contributed by atoms with Crippen molar-refractivity contribution in [2.75, 3.05) is 6.54 Å². The van der Waals surface area contributed by atoms with Crippen LogP contribution in [0.4, 0.5) is 0 Å². The minimum absolute atomic E-state index is 0. The third-order valence-electron chi connectivity index (χ3n) is 5.60. The second kappa shape index (κ2) is 21.5. The molecule has 0 spiro atoms. The minimum atomic E-state index is -3.52. The van der Waals surface area contributed by atoms with Crippen LogP contribution in [-0.4, -0.2) is 15.0 Å². The van der Waals surface area contributed by atoms with E-state index >= 15 is 0 Å². The van der Waals surface area contributed by atoms with Gasteiger partial charge in [0.25, 0.3) is 0 Å². The summed E-state index contributed by atoms with van der Waals surface area (Å²) >= 11 is 1.82. The molecule has 0 saturated heterocycles. The predicted molar refractivity (Wildman–Crippen MR) is 164 cm³/mol. The number of hydrogen-bond donors (Lipinski definition) is 2. The van der Waals surface area contributed by atoms with Crippen molar-refractivity contribution in [2.45, 2.75) is 44.0 Å². The van der Waals surface area contributed by atoms with Gasteiger partial charge in [0, 0.05) is 6.04 Å². The zero-order valence-corrected chi connectivity index (χ0v) is 26.3. The van der Waals surface area contributed by atoms with Gasteiger partial charge < -0.3 is 12.7 Å². The fraction of sp³-hybridized carbons (Fsp3) is 0.219. The predicted octanol–water partition coefficient (Wildman–Crippen LogP) is 7.81. The SMILES string of the molecule is C=C/C=C\C=C(/C)CCCNC(Cc1ccccc1)c1ccccc1.Cc1ccc(S(N)(=O)=O)cc1.[CH3-].[Cl][Ru+]. The van der Waals surface area contributed by atoms with Crippen molar-refractivity contribution < 1.29 is 25.7 Å². The van der Waals surface area contributed by atoms with Gasteiger partial charge in [-0.2, -0.15) is 0 Å². The molecule has 0 bridgehead atoms. The summed E-state index contributed by atoms with van der Waals surface area (Å²) in [5.74, 6) is 0. The summed E-state index contributed by atoms with van der Waals surface area (Å²) in [4.78, 5) is 0.156. The van der Waals surface area contributed by atoms with Gasteiger partial charge >= 0.3 is 27.0 Å². The number of halogens is 1. The topological polar surface area (TPSA) is 72.2 Å². The van der Waals surface area contributed by atoms with E-state index in [-0.39, 0.29) is 12.3 Å². The van der Waals surface area contributed by atoms with Crippen LogP contribution in [0.25, 0.3) is 0 Å². The second-order valence-corrected chi connectivity index (χ2v) is 10.3. The Bertz CT molecular complexity index is 1210. The Balaban J connectivity index is 0.000000865. The van der Waals surface area contributed by atoms with Gasteiger partial charge in [-0.15, -0.1) is 0 Å². The molecule has 0 heterocycles. The molecule has 3 rings (SSSR count). The number of aryl methyl sites for hydroxylation is 1. The van der Waals surface area contributed by atoms with Gasteiger partial charge in [0.05, 0.1) is 4.90 Å². The quantitative estimate of drug-likeness (QED) is 0.0960. The second-order valence-electron chi connectivity index (χ2n) is 8.70. The monoisotopic (exact) mass is 654 g/mol. The van der Waals surface area contributed by atoms with E-state index in [2.05, 4.69) is 101 Å². The first-order chi connectivity index (χ1) is 18.3. The number of hydrogen-bond acceptors (Lipinski definition) is 3. The normalized spacial score (nSPS) is 11.8. The molecule has 0 fully saturated rings. The summed E-state index contributed by atoms with van der Waals surface area (Å²) in [6, 6.07) is 28.2. The standard InChI is InChI=1S/C24H29N.C7H9NO2S.CH3.ClH.Ru/c1-3-4-7-13-21(2)14-12-19-25-24(23-17-10-6-11-18-23)20-22-15-8-5-9-16-22;1-6-2-4-7(5-3-6)11(8,9)10;;;/h3-11,13,15-18,24-25H,1,12,14,19-20H2,2H3;2-5H,1H3,(H2,8,9,10);1H3;1H;/q;;-1;;+2/p-1/b7-4-,21-13+;;;;. The van der Waals surface area contributed by atoms with E-state index in [1.807, 2.05) is 30.3 Å².